The number of rotatable bonds is 2. The first-order valence-corrected chi connectivity index (χ1v) is 10.7. The Hall–Kier alpha value is -1.60. The number of sulfone groups is 1. The summed E-state index contributed by atoms with van der Waals surface area (Å²) in [4.78, 5) is 6.63. The van der Waals surface area contributed by atoms with Gasteiger partial charge in [-0.2, -0.15) is 0 Å². The van der Waals surface area contributed by atoms with Crippen molar-refractivity contribution in [2.45, 2.75) is 25.0 Å². The molecule has 1 N–H and O–H groups in total. The van der Waals surface area contributed by atoms with Gasteiger partial charge in [0.05, 0.1) is 24.7 Å². The molecule has 7 heteroatoms. The highest BCUT2D eigenvalue weighted by molar-refractivity contribution is 7.91. The molecule has 136 valence electrons. The lowest BCUT2D eigenvalue weighted by atomic mass is 9.92. The molecule has 2 unspecified atom stereocenters. The summed E-state index contributed by atoms with van der Waals surface area (Å²) in [5.41, 5.74) is 2.35. The fourth-order valence-corrected chi connectivity index (χ4v) is 6.15. The topological polar surface area (TPSA) is 71.0 Å². The largest absolute Gasteiger partial charge is 0.364 e. The molecule has 6 nitrogen and oxygen atoms in total. The number of aliphatic imine (C=N–C) groups is 1. The van der Waals surface area contributed by atoms with Crippen LogP contribution in [0.5, 0.6) is 0 Å². The third-order valence-electron chi connectivity index (χ3n) is 5.63. The number of likely N-dealkylation sites (tertiary alicyclic amines) is 1. The van der Waals surface area contributed by atoms with Gasteiger partial charge < -0.3 is 15.0 Å². The van der Waals surface area contributed by atoms with E-state index in [2.05, 4.69) is 39.5 Å². The lowest BCUT2D eigenvalue weighted by Gasteiger charge is -2.27. The van der Waals surface area contributed by atoms with Gasteiger partial charge in [-0.1, -0.05) is 24.3 Å². The fourth-order valence-electron chi connectivity index (χ4n) is 4.29. The Balaban J connectivity index is 1.41. The molecule has 0 aliphatic carbocycles. The van der Waals surface area contributed by atoms with E-state index in [1.807, 2.05) is 0 Å². The molecule has 0 saturated carbocycles. The van der Waals surface area contributed by atoms with Crippen molar-refractivity contribution in [3.05, 3.63) is 35.4 Å². The van der Waals surface area contributed by atoms with E-state index in [1.54, 1.807) is 7.05 Å². The summed E-state index contributed by atoms with van der Waals surface area (Å²) in [6.07, 6.45) is 1.69. The zero-order valence-corrected chi connectivity index (χ0v) is 15.4. The molecule has 25 heavy (non-hydrogen) atoms. The van der Waals surface area contributed by atoms with Crippen LogP contribution in [0.15, 0.2) is 29.3 Å². The molecular formula is C18H25N3O3S. The van der Waals surface area contributed by atoms with Crippen LogP contribution in [0.2, 0.25) is 0 Å². The van der Waals surface area contributed by atoms with Crippen LogP contribution in [-0.4, -0.2) is 57.5 Å². The van der Waals surface area contributed by atoms with E-state index in [4.69, 9.17) is 4.74 Å². The number of benzene rings is 1. The summed E-state index contributed by atoms with van der Waals surface area (Å²) in [6.45, 7) is 3.01. The Kier molecular flexibility index (Phi) is 4.24. The smallest absolute Gasteiger partial charge is 0.193 e. The first-order chi connectivity index (χ1) is 12.0. The second kappa shape index (κ2) is 6.29. The standard InChI is InChI=1S/C18H25N3O3S/c1-19-17(20-10-14-6-9-25(22,23)12-14)21-8-7-18(13-21)16-5-3-2-4-15(16)11-24-18/h2-5,14H,6-13H2,1H3,(H,19,20). The van der Waals surface area contributed by atoms with E-state index in [0.717, 1.165) is 31.9 Å². The Morgan fingerprint density at radius 3 is 3.04 bits per heavy atom. The van der Waals surface area contributed by atoms with Crippen molar-refractivity contribution in [1.82, 2.24) is 10.2 Å². The second-order valence-corrected chi connectivity index (χ2v) is 9.54. The second-order valence-electron chi connectivity index (χ2n) is 7.31. The number of ether oxygens (including phenoxy) is 1. The van der Waals surface area contributed by atoms with Gasteiger partial charge in [0.2, 0.25) is 0 Å². The van der Waals surface area contributed by atoms with E-state index < -0.39 is 9.84 Å². The van der Waals surface area contributed by atoms with Crippen molar-refractivity contribution in [2.75, 3.05) is 38.2 Å². The Morgan fingerprint density at radius 2 is 2.28 bits per heavy atom. The van der Waals surface area contributed by atoms with Crippen molar-refractivity contribution in [2.24, 2.45) is 10.9 Å². The highest BCUT2D eigenvalue weighted by Crippen LogP contribution is 2.43. The van der Waals surface area contributed by atoms with Gasteiger partial charge in [-0.25, -0.2) is 8.42 Å². The minimum atomic E-state index is -2.83. The Bertz CT molecular complexity index is 793. The van der Waals surface area contributed by atoms with Crippen LogP contribution < -0.4 is 5.32 Å². The summed E-state index contributed by atoms with van der Waals surface area (Å²) in [7, 11) is -1.05. The molecule has 3 aliphatic heterocycles. The van der Waals surface area contributed by atoms with Gasteiger partial charge in [-0.05, 0) is 29.9 Å². The zero-order chi connectivity index (χ0) is 17.5. The lowest BCUT2D eigenvalue weighted by molar-refractivity contribution is -0.0262. The molecule has 0 aromatic heterocycles. The van der Waals surface area contributed by atoms with E-state index in [9.17, 15) is 8.42 Å². The first-order valence-electron chi connectivity index (χ1n) is 8.90. The van der Waals surface area contributed by atoms with Crippen LogP contribution in [0.1, 0.15) is 24.0 Å². The molecule has 2 fully saturated rings. The summed E-state index contributed by atoms with van der Waals surface area (Å²) in [5, 5.41) is 3.38. The van der Waals surface area contributed by atoms with Gasteiger partial charge in [0, 0.05) is 20.1 Å². The Labute approximate surface area is 149 Å². The maximum atomic E-state index is 11.6. The lowest BCUT2D eigenvalue weighted by Crippen LogP contribution is -2.43. The molecule has 1 spiro atoms. The van der Waals surface area contributed by atoms with E-state index in [-0.39, 0.29) is 17.3 Å². The maximum absolute atomic E-state index is 11.6. The van der Waals surface area contributed by atoms with Crippen molar-refractivity contribution >= 4 is 15.8 Å². The van der Waals surface area contributed by atoms with Crippen LogP contribution in [0, 0.1) is 5.92 Å². The van der Waals surface area contributed by atoms with Crippen molar-refractivity contribution < 1.29 is 13.2 Å². The predicted molar refractivity (Wildman–Crippen MR) is 97.2 cm³/mol. The molecule has 1 aromatic rings. The first kappa shape index (κ1) is 16.8. The summed E-state index contributed by atoms with van der Waals surface area (Å²) < 4.78 is 29.4. The predicted octanol–water partition coefficient (Wildman–Crippen LogP) is 1.13. The molecule has 2 saturated heterocycles. The molecular weight excluding hydrogens is 338 g/mol. The van der Waals surface area contributed by atoms with Gasteiger partial charge in [-0.15, -0.1) is 0 Å². The Morgan fingerprint density at radius 1 is 1.44 bits per heavy atom. The molecule has 2 atom stereocenters. The van der Waals surface area contributed by atoms with E-state index in [1.165, 1.54) is 11.1 Å². The molecule has 4 rings (SSSR count). The van der Waals surface area contributed by atoms with Crippen molar-refractivity contribution in [1.29, 1.82) is 0 Å². The van der Waals surface area contributed by atoms with Crippen LogP contribution in [0.4, 0.5) is 0 Å². The molecule has 0 amide bonds. The van der Waals surface area contributed by atoms with Gasteiger partial charge >= 0.3 is 0 Å². The number of hydrogen-bond acceptors (Lipinski definition) is 4. The highest BCUT2D eigenvalue weighted by atomic mass is 32.2. The summed E-state index contributed by atoms with van der Waals surface area (Å²) in [5.74, 6) is 1.63. The number of nitrogens with zero attached hydrogens (tertiary/aromatic N) is 2. The quantitative estimate of drug-likeness (QED) is 0.630. The van der Waals surface area contributed by atoms with Crippen LogP contribution in [0.3, 0.4) is 0 Å². The molecule has 3 aliphatic rings. The molecule has 0 radical (unpaired) electrons. The average Bonchev–Trinajstić information content (AvgIpc) is 3.28. The molecule has 0 bridgehead atoms. The van der Waals surface area contributed by atoms with Gasteiger partial charge in [-0.3, -0.25) is 4.99 Å². The van der Waals surface area contributed by atoms with Crippen molar-refractivity contribution in [3.63, 3.8) is 0 Å². The van der Waals surface area contributed by atoms with Crippen LogP contribution >= 0.6 is 0 Å². The summed E-state index contributed by atoms with van der Waals surface area (Å²) >= 11 is 0. The monoisotopic (exact) mass is 363 g/mol. The minimum Gasteiger partial charge on any atom is -0.364 e. The number of guanidine groups is 1. The third-order valence-corrected chi connectivity index (χ3v) is 7.47. The number of fused-ring (bicyclic) bond motifs is 2. The highest BCUT2D eigenvalue weighted by Gasteiger charge is 2.46. The van der Waals surface area contributed by atoms with E-state index >= 15 is 0 Å². The maximum Gasteiger partial charge on any atom is 0.193 e. The summed E-state index contributed by atoms with van der Waals surface area (Å²) in [6, 6.07) is 8.45. The van der Waals surface area contributed by atoms with Crippen molar-refractivity contribution in [3.8, 4) is 0 Å². The average molecular weight is 363 g/mol. The van der Waals surface area contributed by atoms with Crippen LogP contribution in [0.25, 0.3) is 0 Å². The van der Waals surface area contributed by atoms with Gasteiger partial charge in [0.15, 0.2) is 15.8 Å². The molecule has 1 aromatic carbocycles. The van der Waals surface area contributed by atoms with Gasteiger partial charge in [0.25, 0.3) is 0 Å². The fraction of sp³-hybridized carbons (Fsp3) is 0.611. The number of nitrogens with one attached hydrogen (secondary N) is 1. The SMILES string of the molecule is CN=C(NCC1CCS(=O)(=O)C1)N1CCC2(C1)OCc1ccccc12. The number of hydrogen-bond donors (Lipinski definition) is 1. The molecule has 3 heterocycles. The minimum absolute atomic E-state index is 0.182. The van der Waals surface area contributed by atoms with E-state index in [0.29, 0.717) is 18.9 Å². The van der Waals surface area contributed by atoms with Gasteiger partial charge in [0.1, 0.15) is 5.60 Å². The normalized spacial score (nSPS) is 30.8. The zero-order valence-electron chi connectivity index (χ0n) is 14.6. The van der Waals surface area contributed by atoms with Crippen LogP contribution in [-0.2, 0) is 26.8 Å². The third kappa shape index (κ3) is 3.15.